The molecule has 3 aromatic rings. The number of hydrogen-bond donors (Lipinski definition) is 2. The number of fused-ring (bicyclic) bond motifs is 2. The van der Waals surface area contributed by atoms with Crippen LogP contribution < -0.4 is 10.1 Å². The molecule has 1 aromatic heterocycles. The van der Waals surface area contributed by atoms with E-state index < -0.39 is 0 Å². The summed E-state index contributed by atoms with van der Waals surface area (Å²) in [6.45, 7) is 6.19. The normalized spacial score (nSPS) is 23.0. The third-order valence-electron chi connectivity index (χ3n) is 8.40. The quantitative estimate of drug-likeness (QED) is 0.541. The lowest BCUT2D eigenvalue weighted by Crippen LogP contribution is -2.50. The molecule has 0 saturated carbocycles. The van der Waals surface area contributed by atoms with Gasteiger partial charge in [-0.3, -0.25) is 4.79 Å². The monoisotopic (exact) mass is 488 g/mol. The summed E-state index contributed by atoms with van der Waals surface area (Å²) >= 11 is 0. The number of anilines is 1. The first-order chi connectivity index (χ1) is 17.7. The molecule has 3 aliphatic heterocycles. The second-order valence-corrected chi connectivity index (χ2v) is 10.4. The molecular formula is C29H36N4O3. The summed E-state index contributed by atoms with van der Waals surface area (Å²) in [5.41, 5.74) is 4.38. The molecule has 1 amide bonds. The molecule has 0 aliphatic carbocycles. The predicted octanol–water partition coefficient (Wildman–Crippen LogP) is 4.33. The van der Waals surface area contributed by atoms with Crippen molar-refractivity contribution in [1.29, 1.82) is 0 Å². The first-order valence-electron chi connectivity index (χ1n) is 13.3. The number of amides is 1. The molecule has 2 atom stereocenters. The second kappa shape index (κ2) is 10.1. The van der Waals surface area contributed by atoms with Crippen molar-refractivity contribution in [3.05, 3.63) is 59.8 Å². The van der Waals surface area contributed by atoms with Crippen LogP contribution in [0.4, 0.5) is 5.69 Å². The van der Waals surface area contributed by atoms with Crippen LogP contribution in [0.2, 0.25) is 0 Å². The Balaban J connectivity index is 1.05. The van der Waals surface area contributed by atoms with Crippen LogP contribution in [0.5, 0.6) is 5.75 Å². The van der Waals surface area contributed by atoms with Gasteiger partial charge in [-0.05, 0) is 68.1 Å². The van der Waals surface area contributed by atoms with Crippen molar-refractivity contribution in [2.24, 2.45) is 5.92 Å². The summed E-state index contributed by atoms with van der Waals surface area (Å²) < 4.78 is 11.1. The van der Waals surface area contributed by atoms with E-state index in [1.54, 1.807) is 7.11 Å². The smallest absolute Gasteiger partial charge is 0.270 e. The molecule has 2 saturated heterocycles. The van der Waals surface area contributed by atoms with Crippen LogP contribution >= 0.6 is 0 Å². The minimum Gasteiger partial charge on any atom is -0.497 e. The average molecular weight is 489 g/mol. The third kappa shape index (κ3) is 4.58. The fourth-order valence-corrected chi connectivity index (χ4v) is 6.31. The Kier molecular flexibility index (Phi) is 6.59. The lowest BCUT2D eigenvalue weighted by atomic mass is 9.81. The number of carbonyl (C=O) groups is 1. The number of piperidine rings is 1. The molecule has 2 fully saturated rings. The number of methoxy groups -OCH3 is 1. The molecule has 7 heteroatoms. The molecule has 0 spiro atoms. The summed E-state index contributed by atoms with van der Waals surface area (Å²) in [4.78, 5) is 21.4. The van der Waals surface area contributed by atoms with Crippen molar-refractivity contribution in [3.8, 4) is 5.75 Å². The van der Waals surface area contributed by atoms with Gasteiger partial charge in [-0.1, -0.05) is 18.2 Å². The van der Waals surface area contributed by atoms with Crippen molar-refractivity contribution in [2.75, 3.05) is 58.4 Å². The Morgan fingerprint density at radius 1 is 1.11 bits per heavy atom. The van der Waals surface area contributed by atoms with E-state index in [4.69, 9.17) is 9.47 Å². The summed E-state index contributed by atoms with van der Waals surface area (Å²) in [5, 5.41) is 4.62. The average Bonchev–Trinajstić information content (AvgIpc) is 3.56. The maximum Gasteiger partial charge on any atom is 0.270 e. The van der Waals surface area contributed by atoms with Crippen LogP contribution in [0, 0.1) is 5.92 Å². The number of carbonyl (C=O) groups excluding carboxylic acids is 1. The molecule has 190 valence electrons. The van der Waals surface area contributed by atoms with E-state index in [1.165, 1.54) is 24.1 Å². The van der Waals surface area contributed by atoms with Gasteiger partial charge in [0, 0.05) is 48.2 Å². The van der Waals surface area contributed by atoms with Crippen molar-refractivity contribution in [2.45, 2.75) is 31.2 Å². The zero-order chi connectivity index (χ0) is 24.5. The number of nitrogens with one attached hydrogen (secondary N) is 2. The van der Waals surface area contributed by atoms with E-state index in [9.17, 15) is 4.79 Å². The molecule has 1 unspecified atom stereocenters. The van der Waals surface area contributed by atoms with E-state index in [0.29, 0.717) is 31.4 Å². The van der Waals surface area contributed by atoms with Crippen LogP contribution in [0.25, 0.3) is 10.9 Å². The maximum absolute atomic E-state index is 13.5. The van der Waals surface area contributed by atoms with Crippen molar-refractivity contribution >= 4 is 22.5 Å². The molecule has 3 aliphatic rings. The van der Waals surface area contributed by atoms with Crippen molar-refractivity contribution in [3.63, 3.8) is 0 Å². The number of rotatable bonds is 6. The van der Waals surface area contributed by atoms with Gasteiger partial charge in [0.15, 0.2) is 0 Å². The molecule has 0 bridgehead atoms. The topological polar surface area (TPSA) is 69.8 Å². The largest absolute Gasteiger partial charge is 0.497 e. The first kappa shape index (κ1) is 23.4. The summed E-state index contributed by atoms with van der Waals surface area (Å²) in [5.74, 6) is 2.22. The number of aromatic amines is 1. The minimum atomic E-state index is 0.0598. The number of H-pyrrole nitrogens is 1. The highest BCUT2D eigenvalue weighted by Gasteiger charge is 2.33. The summed E-state index contributed by atoms with van der Waals surface area (Å²) in [6.07, 6.45) is 3.42. The zero-order valence-corrected chi connectivity index (χ0v) is 21.0. The number of nitrogens with zero attached hydrogens (tertiary/aromatic N) is 2. The molecular weight excluding hydrogens is 452 g/mol. The van der Waals surface area contributed by atoms with Crippen LogP contribution in [0.15, 0.2) is 48.5 Å². The van der Waals surface area contributed by atoms with E-state index >= 15 is 0 Å². The Hall–Kier alpha value is -3.03. The molecule has 2 aromatic carbocycles. The number of para-hydroxylation sites is 1. The standard InChI is InChI=1S/C29H36N4O3/c1-35-23-7-6-21-16-28(31-27(21)17-23)29(34)33-14-15-36-19-22(33)10-13-32-11-8-20(9-12-32)25-18-30-26-5-3-2-4-24(25)26/h2-7,16-17,20,22,25,30-31H,8-15,18-19H2,1H3/t22-,25?/m1/s1. The van der Waals surface area contributed by atoms with Crippen LogP contribution in [-0.2, 0) is 4.74 Å². The van der Waals surface area contributed by atoms with Gasteiger partial charge >= 0.3 is 0 Å². The lowest BCUT2D eigenvalue weighted by Gasteiger charge is -2.38. The highest BCUT2D eigenvalue weighted by atomic mass is 16.5. The number of benzene rings is 2. The second-order valence-electron chi connectivity index (χ2n) is 10.4. The zero-order valence-electron chi connectivity index (χ0n) is 21.0. The van der Waals surface area contributed by atoms with E-state index in [2.05, 4.69) is 39.5 Å². The third-order valence-corrected chi connectivity index (χ3v) is 8.40. The highest BCUT2D eigenvalue weighted by Crippen LogP contribution is 2.40. The van der Waals surface area contributed by atoms with Gasteiger partial charge in [-0.2, -0.15) is 0 Å². The summed E-state index contributed by atoms with van der Waals surface area (Å²) in [7, 11) is 1.65. The highest BCUT2D eigenvalue weighted by molar-refractivity contribution is 5.98. The van der Waals surface area contributed by atoms with Gasteiger partial charge in [-0.25, -0.2) is 0 Å². The minimum absolute atomic E-state index is 0.0598. The van der Waals surface area contributed by atoms with Gasteiger partial charge in [0.1, 0.15) is 11.4 Å². The number of aromatic nitrogens is 1. The molecule has 4 heterocycles. The van der Waals surface area contributed by atoms with E-state index in [1.807, 2.05) is 29.2 Å². The van der Waals surface area contributed by atoms with Crippen LogP contribution in [-0.4, -0.2) is 79.8 Å². The number of hydrogen-bond acceptors (Lipinski definition) is 5. The molecule has 2 N–H and O–H groups in total. The van der Waals surface area contributed by atoms with E-state index in [-0.39, 0.29) is 11.9 Å². The molecule has 6 rings (SSSR count). The number of morpholine rings is 1. The van der Waals surface area contributed by atoms with Gasteiger partial charge < -0.3 is 29.6 Å². The van der Waals surface area contributed by atoms with Crippen LogP contribution in [0.1, 0.15) is 41.2 Å². The Labute approximate surface area is 212 Å². The Bertz CT molecular complexity index is 1220. The lowest BCUT2D eigenvalue weighted by molar-refractivity contribution is -0.00784. The van der Waals surface area contributed by atoms with Crippen molar-refractivity contribution in [1.82, 2.24) is 14.8 Å². The SMILES string of the molecule is COc1ccc2cc(C(=O)N3CCOC[C@H]3CCN3CCC(C4CNc5ccccc54)CC3)[nH]c2c1. The fraction of sp³-hybridized carbons (Fsp3) is 0.483. The van der Waals surface area contributed by atoms with Crippen LogP contribution in [0.3, 0.4) is 0 Å². The first-order valence-corrected chi connectivity index (χ1v) is 13.3. The van der Waals surface area contributed by atoms with E-state index in [0.717, 1.165) is 55.2 Å². The predicted molar refractivity (Wildman–Crippen MR) is 142 cm³/mol. The summed E-state index contributed by atoms with van der Waals surface area (Å²) in [6, 6.07) is 16.7. The maximum atomic E-state index is 13.5. The molecule has 0 radical (unpaired) electrons. The molecule has 36 heavy (non-hydrogen) atoms. The van der Waals surface area contributed by atoms with Gasteiger partial charge in [-0.15, -0.1) is 0 Å². The fourth-order valence-electron chi connectivity index (χ4n) is 6.31. The number of likely N-dealkylation sites (tertiary alicyclic amines) is 1. The molecule has 7 nitrogen and oxygen atoms in total. The number of ether oxygens (including phenoxy) is 2. The van der Waals surface area contributed by atoms with Gasteiger partial charge in [0.25, 0.3) is 5.91 Å². The Morgan fingerprint density at radius 3 is 2.83 bits per heavy atom. The van der Waals surface area contributed by atoms with Gasteiger partial charge in [0.05, 0.1) is 26.4 Å². The van der Waals surface area contributed by atoms with Gasteiger partial charge in [0.2, 0.25) is 0 Å². The Morgan fingerprint density at radius 2 is 1.97 bits per heavy atom. The van der Waals surface area contributed by atoms with Crippen molar-refractivity contribution < 1.29 is 14.3 Å².